The zero-order valence-electron chi connectivity index (χ0n) is 11.5. The van der Waals surface area contributed by atoms with Crippen molar-refractivity contribution in [1.29, 1.82) is 0 Å². The second kappa shape index (κ2) is 5.85. The molecule has 106 valence electrons. The molecule has 0 bridgehead atoms. The maximum absolute atomic E-state index is 5.44. The molecule has 0 aromatic carbocycles. The van der Waals surface area contributed by atoms with Crippen LogP contribution in [0.1, 0.15) is 25.8 Å². The summed E-state index contributed by atoms with van der Waals surface area (Å²) in [4.78, 5) is 4.16. The van der Waals surface area contributed by atoms with Gasteiger partial charge in [0.2, 0.25) is 0 Å². The van der Waals surface area contributed by atoms with Crippen molar-refractivity contribution in [2.24, 2.45) is 5.92 Å². The van der Waals surface area contributed by atoms with E-state index in [1.165, 1.54) is 0 Å². The number of nitrogens with one attached hydrogen (secondary N) is 1. The SMILES string of the molecule is CC(C1CCOCC1)n1c(-c2cccnc2)n[nH]c1=S. The fourth-order valence-corrected chi connectivity index (χ4v) is 3.09. The molecular weight excluding hydrogens is 272 g/mol. The summed E-state index contributed by atoms with van der Waals surface area (Å²) in [6.45, 7) is 3.88. The summed E-state index contributed by atoms with van der Waals surface area (Å²) in [5.41, 5.74) is 0.985. The van der Waals surface area contributed by atoms with Crippen LogP contribution in [0.15, 0.2) is 24.5 Å². The first-order valence-electron chi connectivity index (χ1n) is 6.92. The van der Waals surface area contributed by atoms with E-state index in [0.717, 1.165) is 37.4 Å². The number of aromatic amines is 1. The molecule has 5 nitrogen and oxygen atoms in total. The average molecular weight is 290 g/mol. The first-order chi connectivity index (χ1) is 9.77. The van der Waals surface area contributed by atoms with Crippen molar-refractivity contribution in [3.63, 3.8) is 0 Å². The van der Waals surface area contributed by atoms with E-state index in [1.54, 1.807) is 6.20 Å². The van der Waals surface area contributed by atoms with Gasteiger partial charge >= 0.3 is 0 Å². The Morgan fingerprint density at radius 2 is 2.25 bits per heavy atom. The normalized spacial score (nSPS) is 18.1. The first-order valence-corrected chi connectivity index (χ1v) is 7.33. The van der Waals surface area contributed by atoms with E-state index in [4.69, 9.17) is 17.0 Å². The van der Waals surface area contributed by atoms with Gasteiger partial charge < -0.3 is 4.74 Å². The van der Waals surface area contributed by atoms with Gasteiger partial charge in [-0.25, -0.2) is 0 Å². The molecule has 0 saturated carbocycles. The third-order valence-electron chi connectivity index (χ3n) is 3.98. The Morgan fingerprint density at radius 1 is 1.45 bits per heavy atom. The van der Waals surface area contributed by atoms with Crippen LogP contribution >= 0.6 is 12.2 Å². The number of ether oxygens (including phenoxy) is 1. The molecule has 1 unspecified atom stereocenters. The molecule has 20 heavy (non-hydrogen) atoms. The number of aromatic nitrogens is 4. The van der Waals surface area contributed by atoms with E-state index in [-0.39, 0.29) is 0 Å². The van der Waals surface area contributed by atoms with Gasteiger partial charge in [-0.1, -0.05) is 0 Å². The molecule has 1 atom stereocenters. The number of hydrogen-bond acceptors (Lipinski definition) is 4. The summed E-state index contributed by atoms with van der Waals surface area (Å²) >= 11 is 5.41. The van der Waals surface area contributed by atoms with E-state index in [9.17, 15) is 0 Å². The summed E-state index contributed by atoms with van der Waals surface area (Å²) in [5.74, 6) is 1.44. The maximum atomic E-state index is 5.44. The maximum Gasteiger partial charge on any atom is 0.195 e. The second-order valence-electron chi connectivity index (χ2n) is 5.15. The van der Waals surface area contributed by atoms with Crippen molar-refractivity contribution >= 4 is 12.2 Å². The van der Waals surface area contributed by atoms with Gasteiger partial charge in [0, 0.05) is 37.2 Å². The quantitative estimate of drug-likeness (QED) is 0.883. The third-order valence-corrected chi connectivity index (χ3v) is 4.27. The first kappa shape index (κ1) is 13.5. The van der Waals surface area contributed by atoms with Gasteiger partial charge in [-0.3, -0.25) is 14.6 Å². The Hall–Kier alpha value is -1.53. The van der Waals surface area contributed by atoms with Crippen molar-refractivity contribution in [3.05, 3.63) is 29.3 Å². The standard InChI is InChI=1S/C14H18N4OS/c1-10(11-4-7-19-8-5-11)18-13(16-17-14(18)20)12-3-2-6-15-9-12/h2-3,6,9-11H,4-5,7-8H2,1H3,(H,17,20). The van der Waals surface area contributed by atoms with Crippen molar-refractivity contribution in [1.82, 2.24) is 19.7 Å². The lowest BCUT2D eigenvalue weighted by atomic mass is 9.92. The molecule has 0 amide bonds. The van der Waals surface area contributed by atoms with Crippen LogP contribution in [0.2, 0.25) is 0 Å². The number of pyridine rings is 1. The molecule has 0 radical (unpaired) electrons. The van der Waals surface area contributed by atoms with Crippen molar-refractivity contribution in [2.45, 2.75) is 25.8 Å². The van der Waals surface area contributed by atoms with Crippen molar-refractivity contribution in [3.8, 4) is 11.4 Å². The zero-order valence-corrected chi connectivity index (χ0v) is 12.3. The molecule has 6 heteroatoms. The Kier molecular flexibility index (Phi) is 3.93. The molecule has 1 N–H and O–H groups in total. The Morgan fingerprint density at radius 3 is 2.95 bits per heavy atom. The number of rotatable bonds is 3. The van der Waals surface area contributed by atoms with Crippen LogP contribution < -0.4 is 0 Å². The van der Waals surface area contributed by atoms with Crippen LogP contribution in [0.25, 0.3) is 11.4 Å². The highest BCUT2D eigenvalue weighted by atomic mass is 32.1. The lowest BCUT2D eigenvalue weighted by Crippen LogP contribution is -2.24. The zero-order chi connectivity index (χ0) is 13.9. The van der Waals surface area contributed by atoms with Crippen LogP contribution in [0.3, 0.4) is 0 Å². The van der Waals surface area contributed by atoms with Crippen molar-refractivity contribution in [2.75, 3.05) is 13.2 Å². The molecule has 0 aliphatic carbocycles. The van der Waals surface area contributed by atoms with Crippen LogP contribution in [0, 0.1) is 10.7 Å². The highest BCUT2D eigenvalue weighted by Gasteiger charge is 2.25. The van der Waals surface area contributed by atoms with Gasteiger partial charge in [0.1, 0.15) is 0 Å². The average Bonchev–Trinajstić information content (AvgIpc) is 2.90. The van der Waals surface area contributed by atoms with Crippen LogP contribution in [-0.2, 0) is 4.74 Å². The third kappa shape index (κ3) is 2.53. The second-order valence-corrected chi connectivity index (χ2v) is 5.54. The lowest BCUT2D eigenvalue weighted by molar-refractivity contribution is 0.0513. The predicted molar refractivity (Wildman–Crippen MR) is 78.9 cm³/mol. The minimum Gasteiger partial charge on any atom is -0.381 e. The van der Waals surface area contributed by atoms with Crippen molar-refractivity contribution < 1.29 is 4.74 Å². The Balaban J connectivity index is 1.96. The van der Waals surface area contributed by atoms with E-state index < -0.39 is 0 Å². The highest BCUT2D eigenvalue weighted by Crippen LogP contribution is 2.30. The van der Waals surface area contributed by atoms with E-state index in [2.05, 4.69) is 26.7 Å². The van der Waals surface area contributed by atoms with Crippen LogP contribution in [-0.4, -0.2) is 33.0 Å². The van der Waals surface area contributed by atoms with Gasteiger partial charge in [0.05, 0.1) is 0 Å². The molecule has 1 fully saturated rings. The van der Waals surface area contributed by atoms with Gasteiger partial charge in [0.15, 0.2) is 10.6 Å². The highest BCUT2D eigenvalue weighted by molar-refractivity contribution is 7.71. The number of H-pyrrole nitrogens is 1. The fourth-order valence-electron chi connectivity index (χ4n) is 2.79. The van der Waals surface area contributed by atoms with Gasteiger partial charge in [-0.2, -0.15) is 5.10 Å². The summed E-state index contributed by atoms with van der Waals surface area (Å²) < 4.78 is 8.23. The largest absolute Gasteiger partial charge is 0.381 e. The smallest absolute Gasteiger partial charge is 0.195 e. The molecule has 2 aromatic heterocycles. The predicted octanol–water partition coefficient (Wildman–Crippen LogP) is 2.99. The summed E-state index contributed by atoms with van der Waals surface area (Å²) in [6.07, 6.45) is 5.72. The Bertz CT molecular complexity index is 616. The van der Waals surface area contributed by atoms with Crippen LogP contribution in [0.5, 0.6) is 0 Å². The Labute approximate surface area is 123 Å². The van der Waals surface area contributed by atoms with E-state index in [1.807, 2.05) is 18.3 Å². The minimum atomic E-state index is 0.306. The van der Waals surface area contributed by atoms with Gasteiger partial charge in [0.25, 0.3) is 0 Å². The van der Waals surface area contributed by atoms with E-state index >= 15 is 0 Å². The summed E-state index contributed by atoms with van der Waals surface area (Å²) in [5, 5.41) is 7.29. The lowest BCUT2D eigenvalue weighted by Gasteiger charge is -2.29. The molecule has 1 saturated heterocycles. The summed E-state index contributed by atoms with van der Waals surface area (Å²) in [6, 6.07) is 4.22. The monoisotopic (exact) mass is 290 g/mol. The molecule has 1 aliphatic heterocycles. The molecule has 0 spiro atoms. The molecule has 1 aliphatic rings. The number of hydrogen-bond donors (Lipinski definition) is 1. The summed E-state index contributed by atoms with van der Waals surface area (Å²) in [7, 11) is 0. The number of nitrogens with zero attached hydrogens (tertiary/aromatic N) is 3. The van der Waals surface area contributed by atoms with Gasteiger partial charge in [-0.15, -0.1) is 0 Å². The molecule has 2 aromatic rings. The fraction of sp³-hybridized carbons (Fsp3) is 0.500. The molecule has 3 rings (SSSR count). The topological polar surface area (TPSA) is 55.7 Å². The minimum absolute atomic E-state index is 0.306. The molecule has 3 heterocycles. The van der Waals surface area contributed by atoms with Crippen LogP contribution in [0.4, 0.5) is 0 Å². The van der Waals surface area contributed by atoms with Gasteiger partial charge in [-0.05, 0) is 50.0 Å². The van der Waals surface area contributed by atoms with E-state index in [0.29, 0.717) is 16.7 Å². The molecular formula is C14H18N4OS.